The number of nitrogens with zero attached hydrogens (tertiary/aromatic N) is 3. The Labute approximate surface area is 342 Å². The first-order chi connectivity index (χ1) is 29.2. The number of benzene rings is 9. The fourth-order valence-corrected chi connectivity index (χ4v) is 10.4. The smallest absolute Gasteiger partial charge is 0.161 e. The number of aromatic nitrogens is 3. The van der Waals surface area contributed by atoms with Crippen molar-refractivity contribution in [3.8, 4) is 62.1 Å². The van der Waals surface area contributed by atoms with Crippen molar-refractivity contribution in [1.29, 1.82) is 0 Å². The lowest BCUT2D eigenvalue weighted by molar-refractivity contribution is 0.487. The Bertz CT molecular complexity index is 3710. The number of rotatable bonds is 4. The average molecular weight is 770 g/mol. The summed E-state index contributed by atoms with van der Waals surface area (Å²) in [5, 5.41) is 8.21. The van der Waals surface area contributed by atoms with Crippen LogP contribution in [-0.2, 0) is 0 Å². The van der Waals surface area contributed by atoms with E-state index in [0.29, 0.717) is 5.82 Å². The van der Waals surface area contributed by atoms with Crippen molar-refractivity contribution in [2.75, 3.05) is 0 Å². The van der Waals surface area contributed by atoms with Crippen LogP contribution in [0, 0.1) is 0 Å². The summed E-state index contributed by atoms with van der Waals surface area (Å²) < 4.78 is 11.5. The van der Waals surface area contributed by atoms with E-state index in [1.807, 2.05) is 0 Å². The van der Waals surface area contributed by atoms with Gasteiger partial charge in [0.1, 0.15) is 11.5 Å². The zero-order chi connectivity index (χ0) is 38.6. The second-order valence-electron chi connectivity index (χ2n) is 15.3. The predicted octanol–water partition coefficient (Wildman–Crippen LogP) is 15.0. The molecule has 1 aliphatic rings. The quantitative estimate of drug-likeness (QED) is 0.179. The van der Waals surface area contributed by atoms with Gasteiger partial charge in [0.05, 0.1) is 26.9 Å². The number of hydrogen-bond donors (Lipinski definition) is 0. The Kier molecular flexibility index (Phi) is 6.85. The van der Waals surface area contributed by atoms with Crippen molar-refractivity contribution in [3.63, 3.8) is 0 Å². The average Bonchev–Trinajstić information content (AvgIpc) is 3.83. The van der Waals surface area contributed by atoms with Crippen LogP contribution in [-0.4, -0.2) is 14.5 Å². The van der Waals surface area contributed by atoms with Gasteiger partial charge >= 0.3 is 0 Å². The van der Waals surface area contributed by atoms with Gasteiger partial charge in [-0.3, -0.25) is 0 Å². The molecule has 5 heteroatoms. The number of ether oxygens (including phenoxy) is 1. The van der Waals surface area contributed by atoms with Crippen LogP contribution in [0.4, 0.5) is 0 Å². The second kappa shape index (κ2) is 12.4. The van der Waals surface area contributed by atoms with E-state index >= 15 is 0 Å². The number of thiophene rings is 1. The van der Waals surface area contributed by atoms with Crippen LogP contribution in [0.25, 0.3) is 114 Å². The Morgan fingerprint density at radius 2 is 1.17 bits per heavy atom. The molecule has 4 nitrogen and oxygen atoms in total. The SMILES string of the molecule is c1ccc(-c2cccc(-c3nc(-c4ccc5c6c(cccc46)-c4ccc(-n6c7ccccc7c7cc8ccccc8cc76)cc4O5)nc4c3sc3ccccc34)c2)cc1. The monoisotopic (exact) mass is 769 g/mol. The molecule has 13 rings (SSSR count). The van der Waals surface area contributed by atoms with Crippen LogP contribution in [0.15, 0.2) is 188 Å². The third-order valence-corrected chi connectivity index (χ3v) is 13.1. The van der Waals surface area contributed by atoms with E-state index in [1.165, 1.54) is 42.8 Å². The molecule has 0 spiro atoms. The lowest BCUT2D eigenvalue weighted by atomic mass is 9.92. The molecule has 274 valence electrons. The minimum Gasteiger partial charge on any atom is -0.456 e. The molecular weight excluding hydrogens is 739 g/mol. The summed E-state index contributed by atoms with van der Waals surface area (Å²) >= 11 is 1.76. The van der Waals surface area contributed by atoms with Gasteiger partial charge in [-0.2, -0.15) is 0 Å². The van der Waals surface area contributed by atoms with Gasteiger partial charge in [-0.25, -0.2) is 9.97 Å². The highest BCUT2D eigenvalue weighted by Gasteiger charge is 2.25. The van der Waals surface area contributed by atoms with Crippen LogP contribution in [0.2, 0.25) is 0 Å². The highest BCUT2D eigenvalue weighted by atomic mass is 32.1. The van der Waals surface area contributed by atoms with E-state index in [1.54, 1.807) is 11.3 Å². The minimum absolute atomic E-state index is 0.699. The first kappa shape index (κ1) is 32.5. The van der Waals surface area contributed by atoms with E-state index in [4.69, 9.17) is 14.7 Å². The van der Waals surface area contributed by atoms with Gasteiger partial charge in [0, 0.05) is 54.7 Å². The third kappa shape index (κ3) is 4.89. The summed E-state index contributed by atoms with van der Waals surface area (Å²) in [6.07, 6.45) is 0. The molecule has 0 aliphatic carbocycles. The van der Waals surface area contributed by atoms with Gasteiger partial charge in [0.2, 0.25) is 0 Å². The first-order valence-corrected chi connectivity index (χ1v) is 20.7. The lowest BCUT2D eigenvalue weighted by Gasteiger charge is -2.23. The molecule has 0 amide bonds. The summed E-state index contributed by atoms with van der Waals surface area (Å²) in [7, 11) is 0. The van der Waals surface area contributed by atoms with E-state index < -0.39 is 0 Å². The maximum absolute atomic E-state index is 6.88. The Balaban J connectivity index is 0.983. The molecule has 0 saturated heterocycles. The van der Waals surface area contributed by atoms with E-state index in [0.717, 1.165) is 77.1 Å². The van der Waals surface area contributed by atoms with Crippen LogP contribution in [0.1, 0.15) is 0 Å². The number of fused-ring (bicyclic) bond motifs is 9. The molecule has 0 bridgehead atoms. The molecule has 59 heavy (non-hydrogen) atoms. The molecule has 0 atom stereocenters. The molecular formula is C54H31N3OS. The molecule has 4 heterocycles. The van der Waals surface area contributed by atoms with Gasteiger partial charge in [0.15, 0.2) is 5.82 Å². The molecule has 0 radical (unpaired) electrons. The van der Waals surface area contributed by atoms with Crippen molar-refractivity contribution < 1.29 is 4.74 Å². The van der Waals surface area contributed by atoms with Gasteiger partial charge in [0.25, 0.3) is 0 Å². The molecule has 0 N–H and O–H groups in total. The predicted molar refractivity (Wildman–Crippen MR) is 246 cm³/mol. The molecule has 0 saturated carbocycles. The molecule has 0 fully saturated rings. The maximum atomic E-state index is 6.88. The fraction of sp³-hybridized carbons (Fsp3) is 0. The second-order valence-corrected chi connectivity index (χ2v) is 16.4. The van der Waals surface area contributed by atoms with Gasteiger partial charge in [-0.05, 0) is 87.4 Å². The van der Waals surface area contributed by atoms with Crippen molar-refractivity contribution in [2.45, 2.75) is 0 Å². The Morgan fingerprint density at radius 1 is 0.441 bits per heavy atom. The van der Waals surface area contributed by atoms with Crippen LogP contribution < -0.4 is 4.74 Å². The van der Waals surface area contributed by atoms with E-state index in [-0.39, 0.29) is 0 Å². The molecule has 1 aliphatic heterocycles. The normalized spacial score (nSPS) is 12.2. The lowest BCUT2D eigenvalue weighted by Crippen LogP contribution is -2.01. The number of hydrogen-bond acceptors (Lipinski definition) is 4. The van der Waals surface area contributed by atoms with Crippen molar-refractivity contribution in [3.05, 3.63) is 188 Å². The molecule has 12 aromatic rings. The highest BCUT2D eigenvalue weighted by Crippen LogP contribution is 2.50. The van der Waals surface area contributed by atoms with Gasteiger partial charge in [-0.15, -0.1) is 11.3 Å². The van der Waals surface area contributed by atoms with Gasteiger partial charge < -0.3 is 9.30 Å². The fourth-order valence-electron chi connectivity index (χ4n) is 9.27. The van der Waals surface area contributed by atoms with Crippen LogP contribution in [0.3, 0.4) is 0 Å². The molecule has 9 aromatic carbocycles. The zero-order valence-electron chi connectivity index (χ0n) is 31.6. The Hall–Kier alpha value is -7.60. The highest BCUT2D eigenvalue weighted by molar-refractivity contribution is 7.26. The maximum Gasteiger partial charge on any atom is 0.161 e. The molecule has 3 aromatic heterocycles. The summed E-state index contributed by atoms with van der Waals surface area (Å²) in [6, 6.07) is 67.1. The van der Waals surface area contributed by atoms with E-state index in [9.17, 15) is 0 Å². The summed E-state index contributed by atoms with van der Waals surface area (Å²) in [5.74, 6) is 2.37. The van der Waals surface area contributed by atoms with Gasteiger partial charge in [-0.1, -0.05) is 127 Å². The van der Waals surface area contributed by atoms with Crippen molar-refractivity contribution >= 4 is 75.0 Å². The van der Waals surface area contributed by atoms with E-state index in [2.05, 4.69) is 193 Å². The topological polar surface area (TPSA) is 39.9 Å². The summed E-state index contributed by atoms with van der Waals surface area (Å²) in [6.45, 7) is 0. The third-order valence-electron chi connectivity index (χ3n) is 12.0. The standard InChI is InChI=1S/C54H31N3OS/c1-2-12-32(13-3-1)33-16-10-17-36(28-33)51-53-52(43-19-7-9-23-49(43)59-53)56-54(55-51)42-26-27-47-50-40(20-11-21-41(42)50)39-25-24-37(31-48(39)58-47)57-45-22-8-6-18-38(45)44-29-34-14-4-5-15-35(34)30-46(44)57/h1-31H. The zero-order valence-corrected chi connectivity index (χ0v) is 32.4. The number of para-hydroxylation sites is 1. The van der Waals surface area contributed by atoms with Crippen LogP contribution in [0.5, 0.6) is 11.5 Å². The summed E-state index contributed by atoms with van der Waals surface area (Å²) in [4.78, 5) is 10.8. The largest absolute Gasteiger partial charge is 0.456 e. The van der Waals surface area contributed by atoms with Crippen molar-refractivity contribution in [1.82, 2.24) is 14.5 Å². The van der Waals surface area contributed by atoms with Crippen LogP contribution >= 0.6 is 11.3 Å². The first-order valence-electron chi connectivity index (χ1n) is 19.9. The summed E-state index contributed by atoms with van der Waals surface area (Å²) in [5.41, 5.74) is 11.9. The molecule has 0 unspecified atom stereocenters. The van der Waals surface area contributed by atoms with Crippen molar-refractivity contribution in [2.24, 2.45) is 0 Å². The minimum atomic E-state index is 0.699. The Morgan fingerprint density at radius 3 is 2.08 bits per heavy atom.